The van der Waals surface area contributed by atoms with E-state index in [2.05, 4.69) is 10.0 Å². The van der Waals surface area contributed by atoms with Crippen molar-refractivity contribution in [3.63, 3.8) is 0 Å². The Labute approximate surface area is 133 Å². The summed E-state index contributed by atoms with van der Waals surface area (Å²) in [5.74, 6) is 1.67. The van der Waals surface area contributed by atoms with Crippen LogP contribution in [0.1, 0.15) is 18.4 Å². The summed E-state index contributed by atoms with van der Waals surface area (Å²) in [5.41, 5.74) is 1.15. The van der Waals surface area contributed by atoms with Gasteiger partial charge in [0, 0.05) is 33.7 Å². The lowest BCUT2D eigenvalue weighted by Crippen LogP contribution is -2.39. The molecule has 0 aromatic heterocycles. The second-order valence-corrected chi connectivity index (χ2v) is 7.73. The predicted molar refractivity (Wildman–Crippen MR) is 87.0 cm³/mol. The summed E-state index contributed by atoms with van der Waals surface area (Å²) >= 11 is 0. The fourth-order valence-corrected chi connectivity index (χ4v) is 2.45. The summed E-state index contributed by atoms with van der Waals surface area (Å²) in [6.45, 7) is 2.46. The topological polar surface area (TPSA) is 70.7 Å². The highest BCUT2D eigenvalue weighted by molar-refractivity contribution is 7.87. The summed E-state index contributed by atoms with van der Waals surface area (Å²) in [5, 5.41) is 3.21. The Morgan fingerprint density at radius 1 is 1.18 bits per heavy atom. The third-order valence-corrected chi connectivity index (χ3v) is 5.03. The van der Waals surface area contributed by atoms with E-state index in [9.17, 15) is 8.42 Å². The van der Waals surface area contributed by atoms with Crippen LogP contribution in [0.5, 0.6) is 5.75 Å². The molecule has 1 aliphatic carbocycles. The normalized spacial score (nSPS) is 15.2. The first-order valence-corrected chi connectivity index (χ1v) is 9.01. The van der Waals surface area contributed by atoms with Crippen LogP contribution in [0.15, 0.2) is 24.3 Å². The van der Waals surface area contributed by atoms with Crippen LogP contribution in [0, 0.1) is 5.92 Å². The minimum absolute atomic E-state index is 0.364. The molecule has 7 heteroatoms. The average Bonchev–Trinajstić information content (AvgIpc) is 3.30. The Hall–Kier alpha value is -1.15. The van der Waals surface area contributed by atoms with E-state index in [4.69, 9.17) is 4.74 Å². The molecule has 124 valence electrons. The molecule has 0 saturated heterocycles. The first-order valence-electron chi connectivity index (χ1n) is 7.57. The van der Waals surface area contributed by atoms with E-state index < -0.39 is 10.2 Å². The van der Waals surface area contributed by atoms with Crippen LogP contribution in [-0.4, -0.2) is 46.5 Å². The molecule has 0 spiro atoms. The summed E-state index contributed by atoms with van der Waals surface area (Å²) in [4.78, 5) is 0. The SMILES string of the molecule is CN(C)S(=O)(=O)NCCNCc1ccc(OCC2CC2)cc1. The van der Waals surface area contributed by atoms with Gasteiger partial charge in [0.05, 0.1) is 6.61 Å². The number of hydrogen-bond donors (Lipinski definition) is 2. The smallest absolute Gasteiger partial charge is 0.278 e. The van der Waals surface area contributed by atoms with Crippen LogP contribution in [0.3, 0.4) is 0 Å². The van der Waals surface area contributed by atoms with E-state index in [-0.39, 0.29) is 0 Å². The van der Waals surface area contributed by atoms with Crippen molar-refractivity contribution in [3.05, 3.63) is 29.8 Å². The van der Waals surface area contributed by atoms with Gasteiger partial charge in [-0.3, -0.25) is 0 Å². The van der Waals surface area contributed by atoms with Crippen molar-refractivity contribution < 1.29 is 13.2 Å². The molecule has 0 radical (unpaired) electrons. The molecule has 1 aromatic rings. The maximum Gasteiger partial charge on any atom is 0.278 e. The molecule has 1 aromatic carbocycles. The van der Waals surface area contributed by atoms with E-state index in [1.54, 1.807) is 0 Å². The third kappa shape index (κ3) is 5.92. The molecule has 6 nitrogen and oxygen atoms in total. The van der Waals surface area contributed by atoms with Crippen molar-refractivity contribution in [1.82, 2.24) is 14.3 Å². The zero-order valence-corrected chi connectivity index (χ0v) is 14.0. The third-order valence-electron chi connectivity index (χ3n) is 3.50. The molecule has 2 N–H and O–H groups in total. The number of nitrogens with one attached hydrogen (secondary N) is 2. The number of nitrogens with zero attached hydrogens (tertiary/aromatic N) is 1. The van der Waals surface area contributed by atoms with E-state index in [1.165, 1.54) is 26.9 Å². The summed E-state index contributed by atoms with van der Waals surface area (Å²) in [7, 11) is -0.325. The van der Waals surface area contributed by atoms with Gasteiger partial charge >= 0.3 is 0 Å². The van der Waals surface area contributed by atoms with Gasteiger partial charge in [-0.15, -0.1) is 0 Å². The Balaban J connectivity index is 1.62. The van der Waals surface area contributed by atoms with Gasteiger partial charge in [0.25, 0.3) is 10.2 Å². The maximum absolute atomic E-state index is 11.5. The molecule has 0 heterocycles. The summed E-state index contributed by atoms with van der Waals surface area (Å²) in [6, 6.07) is 8.01. The van der Waals surface area contributed by atoms with Crippen molar-refractivity contribution in [3.8, 4) is 5.75 Å². The van der Waals surface area contributed by atoms with Gasteiger partial charge in [-0.25, -0.2) is 4.72 Å². The first kappa shape index (κ1) is 17.2. The van der Waals surface area contributed by atoms with Gasteiger partial charge < -0.3 is 10.1 Å². The van der Waals surface area contributed by atoms with Gasteiger partial charge in [0.15, 0.2) is 0 Å². The number of benzene rings is 1. The first-order chi connectivity index (χ1) is 10.5. The molecular weight excluding hydrogens is 302 g/mol. The fraction of sp³-hybridized carbons (Fsp3) is 0.600. The van der Waals surface area contributed by atoms with E-state index >= 15 is 0 Å². The largest absolute Gasteiger partial charge is 0.493 e. The molecule has 0 bridgehead atoms. The van der Waals surface area contributed by atoms with Crippen LogP contribution < -0.4 is 14.8 Å². The highest BCUT2D eigenvalue weighted by Gasteiger charge is 2.21. The number of ether oxygens (including phenoxy) is 1. The van der Waals surface area contributed by atoms with Crippen molar-refractivity contribution in [2.24, 2.45) is 5.92 Å². The van der Waals surface area contributed by atoms with Gasteiger partial charge in [-0.2, -0.15) is 12.7 Å². The standard InChI is InChI=1S/C15H25N3O3S/c1-18(2)22(19,20)17-10-9-16-11-13-5-7-15(8-6-13)21-12-14-3-4-14/h5-8,14,16-17H,3-4,9-12H2,1-2H3. The maximum atomic E-state index is 11.5. The highest BCUT2D eigenvalue weighted by atomic mass is 32.2. The quantitative estimate of drug-likeness (QED) is 0.628. The lowest BCUT2D eigenvalue weighted by molar-refractivity contribution is 0.299. The highest BCUT2D eigenvalue weighted by Crippen LogP contribution is 2.29. The zero-order chi connectivity index (χ0) is 16.0. The van der Waals surface area contributed by atoms with E-state index in [1.807, 2.05) is 24.3 Å². The van der Waals surface area contributed by atoms with Crippen LogP contribution in [0.25, 0.3) is 0 Å². The van der Waals surface area contributed by atoms with E-state index in [0.29, 0.717) is 19.6 Å². The van der Waals surface area contributed by atoms with Crippen molar-refractivity contribution in [2.45, 2.75) is 19.4 Å². The molecule has 22 heavy (non-hydrogen) atoms. The van der Waals surface area contributed by atoms with Gasteiger partial charge in [-0.1, -0.05) is 12.1 Å². The van der Waals surface area contributed by atoms with Crippen molar-refractivity contribution in [1.29, 1.82) is 0 Å². The van der Waals surface area contributed by atoms with Crippen LogP contribution in [0.2, 0.25) is 0 Å². The van der Waals surface area contributed by atoms with Crippen LogP contribution >= 0.6 is 0 Å². The average molecular weight is 327 g/mol. The van der Waals surface area contributed by atoms with Gasteiger partial charge in [-0.05, 0) is 36.5 Å². The Bertz CT molecular complexity index is 554. The molecule has 1 aliphatic rings. The minimum atomic E-state index is -3.33. The molecule has 1 saturated carbocycles. The molecule has 0 atom stereocenters. The lowest BCUT2D eigenvalue weighted by Gasteiger charge is -2.12. The lowest BCUT2D eigenvalue weighted by atomic mass is 10.2. The molecule has 0 aliphatic heterocycles. The number of hydrogen-bond acceptors (Lipinski definition) is 4. The monoisotopic (exact) mass is 327 g/mol. The zero-order valence-electron chi connectivity index (χ0n) is 13.2. The second-order valence-electron chi connectivity index (χ2n) is 5.76. The van der Waals surface area contributed by atoms with Crippen molar-refractivity contribution >= 4 is 10.2 Å². The van der Waals surface area contributed by atoms with Crippen molar-refractivity contribution in [2.75, 3.05) is 33.8 Å². The molecule has 0 unspecified atom stereocenters. The molecule has 0 amide bonds. The second kappa shape index (κ2) is 7.92. The molecule has 2 rings (SSSR count). The Morgan fingerprint density at radius 2 is 1.86 bits per heavy atom. The minimum Gasteiger partial charge on any atom is -0.493 e. The fourth-order valence-electron chi connectivity index (χ4n) is 1.83. The number of rotatable bonds is 10. The summed E-state index contributed by atoms with van der Waals surface area (Å²) in [6.07, 6.45) is 2.58. The predicted octanol–water partition coefficient (Wildman–Crippen LogP) is 0.961. The molecule has 1 fully saturated rings. The Morgan fingerprint density at radius 3 is 2.45 bits per heavy atom. The van der Waals surface area contributed by atoms with Gasteiger partial charge in [0.1, 0.15) is 5.75 Å². The Kier molecular flexibility index (Phi) is 6.19. The van der Waals surface area contributed by atoms with Crippen LogP contribution in [-0.2, 0) is 16.8 Å². The summed E-state index contributed by atoms with van der Waals surface area (Å²) < 4.78 is 32.3. The van der Waals surface area contributed by atoms with Crippen LogP contribution in [0.4, 0.5) is 0 Å². The van der Waals surface area contributed by atoms with Gasteiger partial charge in [0.2, 0.25) is 0 Å². The molecular formula is C15H25N3O3S. The van der Waals surface area contributed by atoms with E-state index in [0.717, 1.165) is 28.1 Å².